The number of carboxylic acid groups (broad SMARTS) is 1. The second kappa shape index (κ2) is 14.4. The minimum absolute atomic E-state index is 0.153. The number of benzene rings is 2. The lowest BCUT2D eigenvalue weighted by Gasteiger charge is -2.47. The SMILES string of the molecule is CCCOC(=O)OCOC(C(=O)OC1CC2CCC(C1)[N+]21CCCC1)(c1ccccc1)c1ccccc1.O=C([O-])C(F)(F)F. The van der Waals surface area contributed by atoms with Crippen molar-refractivity contribution in [1.29, 1.82) is 0 Å². The van der Waals surface area contributed by atoms with Gasteiger partial charge in [0.05, 0.1) is 31.8 Å². The Labute approximate surface area is 254 Å². The maximum Gasteiger partial charge on any atom is 0.510 e. The first-order valence-electron chi connectivity index (χ1n) is 14.9. The molecular weight excluding hydrogens is 583 g/mol. The Kier molecular flexibility index (Phi) is 10.9. The van der Waals surface area contributed by atoms with Gasteiger partial charge < -0.3 is 33.3 Å². The van der Waals surface area contributed by atoms with Gasteiger partial charge in [-0.05, 0) is 17.5 Å². The van der Waals surface area contributed by atoms with E-state index in [1.807, 2.05) is 67.6 Å². The number of nitrogens with zero attached hydrogens (tertiary/aromatic N) is 1. The average molecular weight is 622 g/mol. The van der Waals surface area contributed by atoms with E-state index in [4.69, 9.17) is 28.8 Å². The number of halogens is 3. The monoisotopic (exact) mass is 621 g/mol. The second-order valence-corrected chi connectivity index (χ2v) is 11.3. The average Bonchev–Trinajstić information content (AvgIpc) is 3.55. The normalized spacial score (nSPS) is 22.0. The molecule has 0 radical (unpaired) electrons. The molecular formula is C32H38F3NO8. The molecule has 5 rings (SSSR count). The number of alkyl halides is 3. The predicted octanol–water partition coefficient (Wildman–Crippen LogP) is 4.61. The molecule has 9 nitrogen and oxygen atoms in total. The smallest absolute Gasteiger partial charge is 0.510 e. The van der Waals surface area contributed by atoms with E-state index in [1.165, 1.54) is 43.3 Å². The quantitative estimate of drug-likeness (QED) is 0.227. The molecule has 0 aromatic heterocycles. The maximum atomic E-state index is 14.2. The Hall–Kier alpha value is -3.64. The number of carboxylic acids is 1. The molecule has 3 saturated heterocycles. The zero-order valence-corrected chi connectivity index (χ0v) is 24.6. The summed E-state index contributed by atoms with van der Waals surface area (Å²) >= 11 is 0. The Morgan fingerprint density at radius 2 is 1.36 bits per heavy atom. The molecule has 2 aromatic carbocycles. The fourth-order valence-electron chi connectivity index (χ4n) is 6.91. The van der Waals surface area contributed by atoms with Crippen LogP contribution in [0.1, 0.15) is 63.0 Å². The van der Waals surface area contributed by atoms with Crippen molar-refractivity contribution in [2.24, 2.45) is 0 Å². The minimum Gasteiger partial charge on any atom is -0.542 e. The number of carbonyl (C=O) groups excluding carboxylic acids is 3. The van der Waals surface area contributed by atoms with Gasteiger partial charge >= 0.3 is 18.3 Å². The number of carbonyl (C=O) groups is 3. The van der Waals surface area contributed by atoms with Gasteiger partial charge in [-0.15, -0.1) is 0 Å². The van der Waals surface area contributed by atoms with Gasteiger partial charge in [0.1, 0.15) is 12.1 Å². The number of hydrogen-bond donors (Lipinski definition) is 0. The van der Waals surface area contributed by atoms with Crippen molar-refractivity contribution in [3.8, 4) is 0 Å². The lowest BCUT2D eigenvalue weighted by Crippen LogP contribution is -2.60. The second-order valence-electron chi connectivity index (χ2n) is 11.3. The van der Waals surface area contributed by atoms with Crippen LogP contribution in [0.4, 0.5) is 18.0 Å². The molecule has 2 bridgehead atoms. The van der Waals surface area contributed by atoms with Crippen LogP contribution >= 0.6 is 0 Å². The van der Waals surface area contributed by atoms with Crippen molar-refractivity contribution in [2.45, 2.75) is 81.8 Å². The van der Waals surface area contributed by atoms with Crippen LogP contribution in [0.25, 0.3) is 0 Å². The van der Waals surface area contributed by atoms with Crippen LogP contribution < -0.4 is 5.11 Å². The van der Waals surface area contributed by atoms with Crippen LogP contribution in [0.5, 0.6) is 0 Å². The van der Waals surface area contributed by atoms with Crippen LogP contribution in [-0.4, -0.2) is 73.4 Å². The van der Waals surface area contributed by atoms with Crippen LogP contribution in [0, 0.1) is 0 Å². The van der Waals surface area contributed by atoms with Gasteiger partial charge in [-0.2, -0.15) is 13.2 Å². The molecule has 0 N–H and O–H groups in total. The summed E-state index contributed by atoms with van der Waals surface area (Å²) in [5.74, 6) is -3.48. The molecule has 12 heteroatoms. The van der Waals surface area contributed by atoms with Crippen molar-refractivity contribution in [3.63, 3.8) is 0 Å². The fraction of sp³-hybridized carbons (Fsp3) is 0.531. The number of quaternary nitrogens is 1. The highest BCUT2D eigenvalue weighted by Gasteiger charge is 2.57. The number of esters is 1. The zero-order chi connectivity index (χ0) is 31.8. The summed E-state index contributed by atoms with van der Waals surface area (Å²) in [5, 5.41) is 8.78. The summed E-state index contributed by atoms with van der Waals surface area (Å²) in [6, 6.07) is 19.8. The van der Waals surface area contributed by atoms with E-state index >= 15 is 0 Å². The highest BCUT2D eigenvalue weighted by Crippen LogP contribution is 2.47. The third kappa shape index (κ3) is 7.35. The molecule has 0 aliphatic carbocycles. The molecule has 2 aromatic rings. The van der Waals surface area contributed by atoms with Crippen LogP contribution in [0.15, 0.2) is 60.7 Å². The first-order chi connectivity index (χ1) is 21.0. The highest BCUT2D eigenvalue weighted by atomic mass is 19.4. The van der Waals surface area contributed by atoms with Crippen LogP contribution in [-0.2, 0) is 34.1 Å². The van der Waals surface area contributed by atoms with Gasteiger partial charge in [0.15, 0.2) is 6.79 Å². The maximum absolute atomic E-state index is 14.2. The Balaban J connectivity index is 0.000000566. The van der Waals surface area contributed by atoms with Gasteiger partial charge in [0, 0.05) is 38.5 Å². The van der Waals surface area contributed by atoms with Gasteiger partial charge in [0.2, 0.25) is 5.60 Å². The lowest BCUT2D eigenvalue weighted by atomic mass is 9.85. The minimum atomic E-state index is -5.19. The number of piperidine rings is 1. The van der Waals surface area contributed by atoms with Gasteiger partial charge in [-0.1, -0.05) is 67.6 Å². The Bertz CT molecular complexity index is 1200. The predicted molar refractivity (Wildman–Crippen MR) is 149 cm³/mol. The van der Waals surface area contributed by atoms with E-state index in [-0.39, 0.29) is 12.7 Å². The number of aliphatic carboxylic acids is 1. The number of hydrogen-bond acceptors (Lipinski definition) is 8. The number of rotatable bonds is 9. The lowest BCUT2D eigenvalue weighted by molar-refractivity contribution is -0.956. The van der Waals surface area contributed by atoms with E-state index < -0.39 is 36.7 Å². The Morgan fingerprint density at radius 1 is 0.864 bits per heavy atom. The molecule has 3 heterocycles. The first kappa shape index (κ1) is 33.3. The van der Waals surface area contributed by atoms with Gasteiger partial charge in [-0.25, -0.2) is 9.59 Å². The van der Waals surface area contributed by atoms with Gasteiger partial charge in [-0.3, -0.25) is 0 Å². The summed E-state index contributed by atoms with van der Waals surface area (Å²) in [6.45, 7) is 4.25. The third-order valence-corrected chi connectivity index (χ3v) is 8.79. The third-order valence-electron chi connectivity index (χ3n) is 8.79. The van der Waals surface area contributed by atoms with Crippen molar-refractivity contribution < 1.29 is 56.1 Å². The van der Waals surface area contributed by atoms with E-state index in [1.54, 1.807) is 0 Å². The summed E-state index contributed by atoms with van der Waals surface area (Å²) in [4.78, 5) is 35.0. The summed E-state index contributed by atoms with van der Waals surface area (Å²) < 4.78 is 55.5. The molecule has 2 unspecified atom stereocenters. The topological polar surface area (TPSA) is 111 Å². The Morgan fingerprint density at radius 3 is 1.82 bits per heavy atom. The van der Waals surface area contributed by atoms with Crippen molar-refractivity contribution in [3.05, 3.63) is 71.8 Å². The van der Waals surface area contributed by atoms with Crippen LogP contribution in [0.3, 0.4) is 0 Å². The number of ether oxygens (including phenoxy) is 4. The van der Waals surface area contributed by atoms with Crippen LogP contribution in [0.2, 0.25) is 0 Å². The molecule has 0 saturated carbocycles. The fourth-order valence-corrected chi connectivity index (χ4v) is 6.91. The van der Waals surface area contributed by atoms with Crippen molar-refractivity contribution in [1.82, 2.24) is 0 Å². The van der Waals surface area contributed by atoms with E-state index in [0.717, 1.165) is 12.8 Å². The molecule has 2 atom stereocenters. The van der Waals surface area contributed by atoms with E-state index in [2.05, 4.69) is 0 Å². The summed E-state index contributed by atoms with van der Waals surface area (Å²) in [5.41, 5.74) is -0.332. The summed E-state index contributed by atoms with van der Waals surface area (Å²) in [7, 11) is 0. The van der Waals surface area contributed by atoms with Crippen molar-refractivity contribution in [2.75, 3.05) is 26.5 Å². The largest absolute Gasteiger partial charge is 0.542 e. The highest BCUT2D eigenvalue weighted by molar-refractivity contribution is 5.86. The first-order valence-corrected chi connectivity index (χ1v) is 14.9. The van der Waals surface area contributed by atoms with Gasteiger partial charge in [0.25, 0.3) is 0 Å². The van der Waals surface area contributed by atoms with Crippen molar-refractivity contribution >= 4 is 18.1 Å². The zero-order valence-electron chi connectivity index (χ0n) is 24.6. The summed E-state index contributed by atoms with van der Waals surface area (Å²) in [6.07, 6.45) is 1.33. The molecule has 3 aliphatic heterocycles. The van der Waals surface area contributed by atoms with E-state index in [9.17, 15) is 22.8 Å². The molecule has 1 spiro atoms. The standard InChI is InChI=1S/C30H38NO6.C2HF3O2/c1-2-19-34-29(33)35-22-36-30(23-11-5-3-6-12-23,24-13-7-4-8-14-24)28(32)37-27-20-25-15-16-26(21-27)31(25)17-9-10-18-31;3-2(4,5)1(6)7/h3-8,11-14,25-27H,2,9-10,15-22H2,1H3;(H,6,7)/q+1;/p-1. The molecule has 44 heavy (non-hydrogen) atoms. The molecule has 3 aliphatic rings. The molecule has 0 amide bonds. The van der Waals surface area contributed by atoms with E-state index in [0.29, 0.717) is 29.6 Å². The molecule has 3 fully saturated rings. The molecule has 240 valence electrons.